The molecule has 1 aromatic carbocycles. The van der Waals surface area contributed by atoms with E-state index in [-0.39, 0.29) is 29.3 Å². The molecule has 0 saturated carbocycles. The van der Waals surface area contributed by atoms with Gasteiger partial charge in [0.2, 0.25) is 11.8 Å². The lowest BCUT2D eigenvalue weighted by atomic mass is 10.1. The van der Waals surface area contributed by atoms with E-state index in [9.17, 15) is 19.5 Å². The van der Waals surface area contributed by atoms with Crippen LogP contribution in [0.5, 0.6) is 0 Å². The number of carboxylic acid groups (broad SMARTS) is 1. The Hall–Kier alpha value is -2.30. The van der Waals surface area contributed by atoms with Gasteiger partial charge in [-0.2, -0.15) is 0 Å². The minimum Gasteiger partial charge on any atom is -0.477 e. The van der Waals surface area contributed by atoms with Crippen molar-refractivity contribution >= 4 is 58.3 Å². The Bertz CT molecular complexity index is 1040. The number of fused-ring (bicyclic) bond motifs is 1. The first kappa shape index (κ1) is 21.0. The van der Waals surface area contributed by atoms with Crippen LogP contribution in [0.2, 0.25) is 0 Å². The summed E-state index contributed by atoms with van der Waals surface area (Å²) < 4.78 is 0.786. The van der Waals surface area contributed by atoms with E-state index in [1.807, 2.05) is 37.3 Å². The van der Waals surface area contributed by atoms with E-state index >= 15 is 0 Å². The second kappa shape index (κ2) is 8.83. The van der Waals surface area contributed by atoms with Crippen LogP contribution in [0, 0.1) is 6.92 Å². The summed E-state index contributed by atoms with van der Waals surface area (Å²) in [6, 6.07) is 9.29. The third-order valence-corrected chi connectivity index (χ3v) is 8.42. The molecule has 7 nitrogen and oxygen atoms in total. The van der Waals surface area contributed by atoms with E-state index < -0.39 is 5.97 Å². The van der Waals surface area contributed by atoms with Crippen molar-refractivity contribution in [3.8, 4) is 0 Å². The van der Waals surface area contributed by atoms with Crippen molar-refractivity contribution in [2.45, 2.75) is 29.5 Å². The lowest BCUT2D eigenvalue weighted by molar-refractivity contribution is -0.146. The van der Waals surface area contributed by atoms with Gasteiger partial charge in [0.25, 0.3) is 0 Å². The summed E-state index contributed by atoms with van der Waals surface area (Å²) in [6.07, 6.45) is 0.643. The molecule has 1 aromatic heterocycles. The van der Waals surface area contributed by atoms with Crippen molar-refractivity contribution in [1.82, 2.24) is 9.88 Å². The van der Waals surface area contributed by atoms with Gasteiger partial charge in [-0.05, 0) is 24.6 Å². The monoisotopic (exact) mass is 461 g/mol. The highest BCUT2D eigenvalue weighted by Crippen LogP contribution is 2.41. The van der Waals surface area contributed by atoms with E-state index in [0.717, 1.165) is 26.2 Å². The van der Waals surface area contributed by atoms with Crippen LogP contribution in [0.4, 0.5) is 5.69 Å². The number of thiazole rings is 1. The molecule has 0 spiro atoms. The van der Waals surface area contributed by atoms with Gasteiger partial charge in [-0.3, -0.25) is 14.5 Å². The SMILES string of the molecule is Cc1nc(SCC2=C(C(=O)O)N3C(=O)C[C@@H]3SC2)sc1CC(=O)Nc1ccccc1. The highest BCUT2D eigenvalue weighted by atomic mass is 32.2. The number of aliphatic carboxylic acids is 1. The first-order valence-corrected chi connectivity index (χ1v) is 12.1. The van der Waals surface area contributed by atoms with Gasteiger partial charge in [-0.15, -0.1) is 23.1 Å². The van der Waals surface area contributed by atoms with Crippen LogP contribution >= 0.6 is 34.9 Å². The zero-order valence-electron chi connectivity index (χ0n) is 16.1. The number of carboxylic acids is 1. The van der Waals surface area contributed by atoms with E-state index in [4.69, 9.17) is 0 Å². The number of aromatic nitrogens is 1. The van der Waals surface area contributed by atoms with E-state index in [2.05, 4.69) is 10.3 Å². The maximum atomic E-state index is 12.3. The molecule has 4 rings (SSSR count). The molecule has 30 heavy (non-hydrogen) atoms. The quantitative estimate of drug-likeness (QED) is 0.482. The lowest BCUT2D eigenvalue weighted by Crippen LogP contribution is -2.54. The molecule has 2 aliphatic rings. The summed E-state index contributed by atoms with van der Waals surface area (Å²) in [5.74, 6) is -0.249. The van der Waals surface area contributed by atoms with Gasteiger partial charge >= 0.3 is 5.97 Å². The van der Waals surface area contributed by atoms with Crippen molar-refractivity contribution < 1.29 is 19.5 Å². The number of para-hydroxylation sites is 1. The number of amides is 2. The second-order valence-electron chi connectivity index (χ2n) is 6.86. The number of rotatable bonds is 7. The summed E-state index contributed by atoms with van der Waals surface area (Å²) in [6.45, 7) is 1.87. The average Bonchev–Trinajstić information content (AvgIpc) is 3.05. The number of nitrogens with one attached hydrogen (secondary N) is 1. The van der Waals surface area contributed by atoms with Crippen LogP contribution in [0.25, 0.3) is 0 Å². The van der Waals surface area contributed by atoms with E-state index in [1.165, 1.54) is 28.0 Å². The average molecular weight is 462 g/mol. The Morgan fingerprint density at radius 2 is 2.10 bits per heavy atom. The van der Waals surface area contributed by atoms with Crippen molar-refractivity contribution in [1.29, 1.82) is 0 Å². The summed E-state index contributed by atoms with van der Waals surface area (Å²) in [5, 5.41) is 12.4. The van der Waals surface area contributed by atoms with Crippen molar-refractivity contribution in [2.24, 2.45) is 0 Å². The molecule has 0 bridgehead atoms. The Labute approximate surface area is 185 Å². The smallest absolute Gasteiger partial charge is 0.352 e. The predicted molar refractivity (Wildman–Crippen MR) is 119 cm³/mol. The molecule has 2 aromatic rings. The fraction of sp³-hybridized carbons (Fsp3) is 0.300. The van der Waals surface area contributed by atoms with Gasteiger partial charge in [-0.25, -0.2) is 9.78 Å². The molecule has 0 aliphatic carbocycles. The van der Waals surface area contributed by atoms with Gasteiger partial charge in [0.05, 0.1) is 23.9 Å². The van der Waals surface area contributed by atoms with Gasteiger partial charge in [0, 0.05) is 22.1 Å². The normalized spacial score (nSPS) is 18.1. The maximum Gasteiger partial charge on any atom is 0.352 e. The fourth-order valence-corrected chi connectivity index (χ4v) is 6.87. The third kappa shape index (κ3) is 4.40. The largest absolute Gasteiger partial charge is 0.477 e. The van der Waals surface area contributed by atoms with Gasteiger partial charge < -0.3 is 10.4 Å². The number of hydrogen-bond donors (Lipinski definition) is 2. The van der Waals surface area contributed by atoms with Crippen LogP contribution in [-0.4, -0.2) is 49.7 Å². The Morgan fingerprint density at radius 3 is 2.80 bits per heavy atom. The Morgan fingerprint density at radius 1 is 1.33 bits per heavy atom. The first-order valence-electron chi connectivity index (χ1n) is 9.25. The highest BCUT2D eigenvalue weighted by molar-refractivity contribution is 8.01. The van der Waals surface area contributed by atoms with Crippen molar-refractivity contribution in [3.63, 3.8) is 0 Å². The number of hydrogen-bond acceptors (Lipinski definition) is 7. The molecule has 1 atom stereocenters. The molecule has 2 N–H and O–H groups in total. The molecule has 1 fully saturated rings. The summed E-state index contributed by atoms with van der Waals surface area (Å²) >= 11 is 4.49. The molecule has 156 valence electrons. The van der Waals surface area contributed by atoms with Crippen molar-refractivity contribution in [2.75, 3.05) is 16.8 Å². The molecular formula is C20H19N3O4S3. The van der Waals surface area contributed by atoms with E-state index in [1.54, 1.807) is 11.8 Å². The molecule has 3 heterocycles. The molecule has 1 saturated heterocycles. The Balaban J connectivity index is 1.41. The first-order chi connectivity index (χ1) is 14.4. The van der Waals surface area contributed by atoms with E-state index in [0.29, 0.717) is 17.9 Å². The number of β-lactam (4-membered cyclic amide) rings is 1. The minimum absolute atomic E-state index is 0.0470. The lowest BCUT2D eigenvalue weighted by Gasteiger charge is -2.43. The van der Waals surface area contributed by atoms with Gasteiger partial charge in [-0.1, -0.05) is 30.0 Å². The number of benzene rings is 1. The molecule has 0 radical (unpaired) electrons. The Kier molecular flexibility index (Phi) is 6.16. The molecule has 2 amide bonds. The molecule has 0 unspecified atom stereocenters. The fourth-order valence-electron chi connectivity index (χ4n) is 3.24. The van der Waals surface area contributed by atoms with Crippen LogP contribution in [0.1, 0.15) is 17.0 Å². The zero-order valence-corrected chi connectivity index (χ0v) is 18.5. The molecular weight excluding hydrogens is 442 g/mol. The minimum atomic E-state index is -1.06. The maximum absolute atomic E-state index is 12.3. The van der Waals surface area contributed by atoms with Crippen LogP contribution < -0.4 is 5.32 Å². The number of anilines is 1. The van der Waals surface area contributed by atoms with Gasteiger partial charge in [0.1, 0.15) is 5.70 Å². The predicted octanol–water partition coefficient (Wildman–Crippen LogP) is 3.37. The van der Waals surface area contributed by atoms with Crippen LogP contribution in [-0.2, 0) is 20.8 Å². The number of thioether (sulfide) groups is 2. The summed E-state index contributed by atoms with van der Waals surface area (Å²) in [5.41, 5.74) is 2.41. The van der Waals surface area contributed by atoms with Crippen LogP contribution in [0.3, 0.4) is 0 Å². The number of aryl methyl sites for hydroxylation is 1. The standard InChI is InChI=1S/C20H19N3O4S3/c1-11-14(7-15(24)22-13-5-3-2-4-6-13)30-20(21-11)29-10-12-9-28-17-8-16(25)23(17)18(12)19(26)27/h2-6,17H,7-10H2,1H3,(H,22,24)(H,26,27)/t17-/m0/s1. The second-order valence-corrected chi connectivity index (χ2v) is 10.3. The highest BCUT2D eigenvalue weighted by Gasteiger charge is 2.45. The number of carbonyl (C=O) groups excluding carboxylic acids is 2. The zero-order chi connectivity index (χ0) is 21.3. The third-order valence-electron chi connectivity index (χ3n) is 4.76. The topological polar surface area (TPSA) is 99.6 Å². The van der Waals surface area contributed by atoms with Crippen LogP contribution in [0.15, 0.2) is 45.9 Å². The molecule has 2 aliphatic heterocycles. The van der Waals surface area contributed by atoms with Crippen molar-refractivity contribution in [3.05, 3.63) is 52.2 Å². The summed E-state index contributed by atoms with van der Waals surface area (Å²) in [4.78, 5) is 42.7. The van der Waals surface area contributed by atoms with Gasteiger partial charge in [0.15, 0.2) is 4.34 Å². The molecule has 10 heteroatoms. The number of nitrogens with zero attached hydrogens (tertiary/aromatic N) is 2. The summed E-state index contributed by atoms with van der Waals surface area (Å²) in [7, 11) is 0. The number of carbonyl (C=O) groups is 3.